The lowest BCUT2D eigenvalue weighted by atomic mass is 10.2. The number of anilines is 4. The Kier molecular flexibility index (Phi) is 6.79. The Morgan fingerprint density at radius 2 is 1.61 bits per heavy atom. The number of nitrogens with two attached hydrogens (primary N) is 1. The molecule has 0 bridgehead atoms. The van der Waals surface area contributed by atoms with Crippen LogP contribution >= 0.6 is 0 Å². The molecule has 0 spiro atoms. The van der Waals surface area contributed by atoms with Gasteiger partial charge in [-0.15, -0.1) is 0 Å². The third-order valence-corrected chi connectivity index (χ3v) is 4.00. The standard InChI is InChI=1S/C20H29N3/c1-3-5-15-22-17-11-13-18(14-12-17)23(16-6-4-2)20-10-8-7-9-19(20)21/h7-14,22H,3-6,15-16,21H2,1-2H3. The maximum absolute atomic E-state index is 6.19. The molecule has 2 aromatic rings. The SMILES string of the molecule is CCCCNc1ccc(N(CCCC)c2ccccc2N)cc1. The zero-order valence-corrected chi connectivity index (χ0v) is 14.4. The summed E-state index contributed by atoms with van der Waals surface area (Å²) in [6.45, 7) is 6.43. The molecule has 2 rings (SSSR count). The van der Waals surface area contributed by atoms with Crippen LogP contribution in [0.2, 0.25) is 0 Å². The fraction of sp³-hybridized carbons (Fsp3) is 0.400. The van der Waals surface area contributed by atoms with Gasteiger partial charge < -0.3 is 16.0 Å². The van der Waals surface area contributed by atoms with Gasteiger partial charge in [-0.1, -0.05) is 38.8 Å². The van der Waals surface area contributed by atoms with Crippen molar-refractivity contribution < 1.29 is 0 Å². The molecule has 0 aliphatic heterocycles. The third kappa shape index (κ3) is 4.92. The van der Waals surface area contributed by atoms with E-state index >= 15 is 0 Å². The molecule has 0 aliphatic carbocycles. The van der Waals surface area contributed by atoms with E-state index in [-0.39, 0.29) is 0 Å². The molecule has 0 aliphatic rings. The van der Waals surface area contributed by atoms with Crippen molar-refractivity contribution in [2.75, 3.05) is 29.0 Å². The second-order valence-electron chi connectivity index (χ2n) is 5.89. The average molecular weight is 311 g/mol. The number of hydrogen-bond donors (Lipinski definition) is 2. The molecular formula is C20H29N3. The van der Waals surface area contributed by atoms with E-state index < -0.39 is 0 Å². The van der Waals surface area contributed by atoms with E-state index in [1.807, 2.05) is 18.2 Å². The van der Waals surface area contributed by atoms with Crippen LogP contribution in [-0.4, -0.2) is 13.1 Å². The number of nitrogen functional groups attached to an aromatic ring is 1. The van der Waals surface area contributed by atoms with Crippen LogP contribution in [0.15, 0.2) is 48.5 Å². The Morgan fingerprint density at radius 1 is 0.913 bits per heavy atom. The molecule has 23 heavy (non-hydrogen) atoms. The highest BCUT2D eigenvalue weighted by Crippen LogP contribution is 2.31. The minimum Gasteiger partial charge on any atom is -0.397 e. The molecule has 3 N–H and O–H groups in total. The molecule has 0 heterocycles. The predicted molar refractivity (Wildman–Crippen MR) is 103 cm³/mol. The lowest BCUT2D eigenvalue weighted by molar-refractivity contribution is 0.786. The van der Waals surface area contributed by atoms with Crippen molar-refractivity contribution in [1.29, 1.82) is 0 Å². The Labute approximate surface area is 140 Å². The van der Waals surface area contributed by atoms with Crippen molar-refractivity contribution in [3.8, 4) is 0 Å². The van der Waals surface area contributed by atoms with Crippen LogP contribution in [-0.2, 0) is 0 Å². The second-order valence-corrected chi connectivity index (χ2v) is 5.89. The van der Waals surface area contributed by atoms with Crippen molar-refractivity contribution in [2.45, 2.75) is 39.5 Å². The Hall–Kier alpha value is -2.16. The fourth-order valence-electron chi connectivity index (χ4n) is 2.61. The summed E-state index contributed by atoms with van der Waals surface area (Å²) in [4.78, 5) is 2.31. The largest absolute Gasteiger partial charge is 0.397 e. The molecule has 0 aromatic heterocycles. The Balaban J connectivity index is 2.17. The van der Waals surface area contributed by atoms with Crippen LogP contribution in [0.25, 0.3) is 0 Å². The van der Waals surface area contributed by atoms with Crippen LogP contribution in [0.1, 0.15) is 39.5 Å². The molecule has 0 atom stereocenters. The van der Waals surface area contributed by atoms with Gasteiger partial charge in [-0.25, -0.2) is 0 Å². The van der Waals surface area contributed by atoms with Gasteiger partial charge in [0.1, 0.15) is 0 Å². The number of para-hydroxylation sites is 2. The van der Waals surface area contributed by atoms with E-state index in [4.69, 9.17) is 5.73 Å². The van der Waals surface area contributed by atoms with Gasteiger partial charge in [0.25, 0.3) is 0 Å². The summed E-state index contributed by atoms with van der Waals surface area (Å²) in [5, 5.41) is 3.46. The first-order chi connectivity index (χ1) is 11.3. The van der Waals surface area contributed by atoms with Gasteiger partial charge in [-0.3, -0.25) is 0 Å². The molecule has 0 fully saturated rings. The fourth-order valence-corrected chi connectivity index (χ4v) is 2.61. The topological polar surface area (TPSA) is 41.3 Å². The lowest BCUT2D eigenvalue weighted by Gasteiger charge is -2.26. The first-order valence-corrected chi connectivity index (χ1v) is 8.72. The van der Waals surface area contributed by atoms with Gasteiger partial charge in [-0.2, -0.15) is 0 Å². The van der Waals surface area contributed by atoms with Crippen molar-refractivity contribution in [3.63, 3.8) is 0 Å². The van der Waals surface area contributed by atoms with Crippen LogP contribution in [0.4, 0.5) is 22.7 Å². The van der Waals surface area contributed by atoms with Crippen molar-refractivity contribution in [3.05, 3.63) is 48.5 Å². The maximum Gasteiger partial charge on any atom is 0.0644 e. The number of nitrogens with zero attached hydrogens (tertiary/aromatic N) is 1. The molecule has 0 unspecified atom stereocenters. The first-order valence-electron chi connectivity index (χ1n) is 8.72. The predicted octanol–water partition coefficient (Wildman–Crippen LogP) is 5.42. The number of unbranched alkanes of at least 4 members (excludes halogenated alkanes) is 2. The highest BCUT2D eigenvalue weighted by atomic mass is 15.1. The van der Waals surface area contributed by atoms with Gasteiger partial charge in [0.15, 0.2) is 0 Å². The summed E-state index contributed by atoms with van der Waals surface area (Å²) < 4.78 is 0. The molecule has 3 heteroatoms. The molecule has 3 nitrogen and oxygen atoms in total. The third-order valence-electron chi connectivity index (χ3n) is 4.00. The van der Waals surface area contributed by atoms with E-state index in [0.717, 1.165) is 30.9 Å². The van der Waals surface area contributed by atoms with E-state index in [1.54, 1.807) is 0 Å². The number of benzene rings is 2. The summed E-state index contributed by atoms with van der Waals surface area (Å²) in [6, 6.07) is 16.8. The average Bonchev–Trinajstić information content (AvgIpc) is 2.58. The summed E-state index contributed by atoms with van der Waals surface area (Å²) in [5.74, 6) is 0. The van der Waals surface area contributed by atoms with E-state index in [1.165, 1.54) is 30.6 Å². The Morgan fingerprint density at radius 3 is 2.26 bits per heavy atom. The molecular weight excluding hydrogens is 282 g/mol. The monoisotopic (exact) mass is 311 g/mol. The molecule has 0 radical (unpaired) electrons. The molecule has 124 valence electrons. The zero-order chi connectivity index (χ0) is 16.5. The smallest absolute Gasteiger partial charge is 0.0644 e. The molecule has 0 saturated heterocycles. The van der Waals surface area contributed by atoms with Crippen LogP contribution in [0.5, 0.6) is 0 Å². The minimum atomic E-state index is 0.828. The maximum atomic E-state index is 6.19. The first kappa shape index (κ1) is 17.2. The zero-order valence-electron chi connectivity index (χ0n) is 14.4. The normalized spacial score (nSPS) is 10.5. The van der Waals surface area contributed by atoms with E-state index in [9.17, 15) is 0 Å². The quantitative estimate of drug-likeness (QED) is 0.480. The lowest BCUT2D eigenvalue weighted by Crippen LogP contribution is -2.19. The summed E-state index contributed by atoms with van der Waals surface area (Å²) in [5.41, 5.74) is 10.5. The van der Waals surface area contributed by atoms with Crippen LogP contribution in [0.3, 0.4) is 0 Å². The van der Waals surface area contributed by atoms with Crippen LogP contribution < -0.4 is 16.0 Å². The Bertz CT molecular complexity index is 578. The van der Waals surface area contributed by atoms with Crippen LogP contribution in [0, 0.1) is 0 Å². The highest BCUT2D eigenvalue weighted by Gasteiger charge is 2.11. The second kappa shape index (κ2) is 9.09. The van der Waals surface area contributed by atoms with E-state index in [2.05, 4.69) is 54.4 Å². The molecule has 0 saturated carbocycles. The number of rotatable bonds is 9. The summed E-state index contributed by atoms with van der Waals surface area (Å²) in [6.07, 6.45) is 4.72. The van der Waals surface area contributed by atoms with Crippen molar-refractivity contribution in [1.82, 2.24) is 0 Å². The molecule has 2 aromatic carbocycles. The number of nitrogens with one attached hydrogen (secondary N) is 1. The number of hydrogen-bond acceptors (Lipinski definition) is 3. The van der Waals surface area contributed by atoms with Crippen molar-refractivity contribution >= 4 is 22.7 Å². The minimum absolute atomic E-state index is 0.828. The van der Waals surface area contributed by atoms with E-state index in [0.29, 0.717) is 0 Å². The highest BCUT2D eigenvalue weighted by molar-refractivity contribution is 5.75. The van der Waals surface area contributed by atoms with Crippen molar-refractivity contribution in [2.24, 2.45) is 0 Å². The van der Waals surface area contributed by atoms with Gasteiger partial charge in [0.05, 0.1) is 11.4 Å². The van der Waals surface area contributed by atoms with Gasteiger partial charge in [0.2, 0.25) is 0 Å². The summed E-state index contributed by atoms with van der Waals surface area (Å²) >= 11 is 0. The van der Waals surface area contributed by atoms with Gasteiger partial charge in [-0.05, 0) is 49.2 Å². The van der Waals surface area contributed by atoms with Gasteiger partial charge in [0, 0.05) is 24.5 Å². The van der Waals surface area contributed by atoms with Gasteiger partial charge >= 0.3 is 0 Å². The summed E-state index contributed by atoms with van der Waals surface area (Å²) in [7, 11) is 0. The molecule has 0 amide bonds.